The number of methoxy groups -OCH3 is 1. The second kappa shape index (κ2) is 8.97. The number of furan rings is 1. The molecule has 27 heavy (non-hydrogen) atoms. The fourth-order valence-corrected chi connectivity index (χ4v) is 3.72. The molecule has 0 radical (unpaired) electrons. The Morgan fingerprint density at radius 1 is 1.19 bits per heavy atom. The summed E-state index contributed by atoms with van der Waals surface area (Å²) in [7, 11) is 1.32. The Bertz CT molecular complexity index is 1000. The van der Waals surface area contributed by atoms with E-state index in [1.54, 1.807) is 30.5 Å². The van der Waals surface area contributed by atoms with Gasteiger partial charge in [0.2, 0.25) is 0 Å². The smallest absolute Gasteiger partial charge is 0.337 e. The van der Waals surface area contributed by atoms with E-state index < -0.39 is 5.97 Å². The zero-order chi connectivity index (χ0) is 19.4. The molecule has 2 aromatic carbocycles. The SMILES string of the molecule is COC(=O)c1ccc(Cl)c(N=Cc2cc(Br)c(Sc3ccc(Cl)cc3)o2)c1. The molecule has 0 amide bonds. The van der Waals surface area contributed by atoms with Crippen LogP contribution in [0.3, 0.4) is 0 Å². The van der Waals surface area contributed by atoms with Crippen molar-refractivity contribution < 1.29 is 13.9 Å². The van der Waals surface area contributed by atoms with Crippen molar-refractivity contribution in [3.8, 4) is 0 Å². The summed E-state index contributed by atoms with van der Waals surface area (Å²) >= 11 is 17.0. The number of ether oxygens (including phenoxy) is 1. The van der Waals surface area contributed by atoms with Crippen molar-refractivity contribution in [3.05, 3.63) is 74.4 Å². The Balaban J connectivity index is 1.80. The monoisotopic (exact) mass is 483 g/mol. The molecule has 0 aliphatic rings. The number of aliphatic imine (C=N–C) groups is 1. The van der Waals surface area contributed by atoms with Crippen LogP contribution in [0.2, 0.25) is 10.0 Å². The molecule has 1 aromatic heterocycles. The summed E-state index contributed by atoms with van der Waals surface area (Å²) in [4.78, 5) is 17.0. The molecule has 3 rings (SSSR count). The second-order valence-corrected chi connectivity index (χ2v) is 8.00. The summed E-state index contributed by atoms with van der Waals surface area (Å²) in [5.41, 5.74) is 0.813. The van der Waals surface area contributed by atoms with Gasteiger partial charge in [0.15, 0.2) is 5.09 Å². The molecule has 0 spiro atoms. The third-order valence-electron chi connectivity index (χ3n) is 3.40. The lowest BCUT2D eigenvalue weighted by atomic mass is 10.2. The van der Waals surface area contributed by atoms with E-state index in [1.807, 2.05) is 24.3 Å². The number of halogens is 3. The normalized spacial score (nSPS) is 11.1. The van der Waals surface area contributed by atoms with Gasteiger partial charge in [0, 0.05) is 16.0 Å². The topological polar surface area (TPSA) is 51.8 Å². The molecule has 1 heterocycles. The van der Waals surface area contributed by atoms with Gasteiger partial charge in [-0.25, -0.2) is 4.79 Å². The number of carbonyl (C=O) groups is 1. The van der Waals surface area contributed by atoms with Crippen LogP contribution in [0.15, 0.2) is 72.4 Å². The molecular formula is C19H12BrCl2NO3S. The highest BCUT2D eigenvalue weighted by Crippen LogP contribution is 2.36. The lowest BCUT2D eigenvalue weighted by molar-refractivity contribution is 0.0601. The summed E-state index contributed by atoms with van der Waals surface area (Å²) in [5, 5.41) is 1.78. The third-order valence-corrected chi connectivity index (χ3v) is 5.82. The molecule has 0 atom stereocenters. The predicted molar refractivity (Wildman–Crippen MR) is 112 cm³/mol. The Kier molecular flexibility index (Phi) is 6.65. The quantitative estimate of drug-likeness (QED) is 0.288. The standard InChI is InChI=1S/C19H12BrCl2NO3S/c1-25-18(24)11-2-7-16(22)17(8-11)23-10-13-9-15(20)19(26-13)27-14-5-3-12(21)4-6-14/h2-10H,1H3. The molecule has 0 fully saturated rings. The Hall–Kier alpha value is -1.73. The van der Waals surface area contributed by atoms with Crippen molar-refractivity contribution in [1.82, 2.24) is 0 Å². The van der Waals surface area contributed by atoms with E-state index in [2.05, 4.69) is 20.9 Å². The van der Waals surface area contributed by atoms with Gasteiger partial charge in [0.1, 0.15) is 5.76 Å². The first-order valence-corrected chi connectivity index (χ1v) is 9.97. The molecule has 4 nitrogen and oxygen atoms in total. The Morgan fingerprint density at radius 2 is 1.93 bits per heavy atom. The molecule has 0 aliphatic heterocycles. The second-order valence-electron chi connectivity index (χ2n) is 5.26. The summed E-state index contributed by atoms with van der Waals surface area (Å²) in [6.07, 6.45) is 1.54. The van der Waals surface area contributed by atoms with E-state index >= 15 is 0 Å². The van der Waals surface area contributed by atoms with Crippen LogP contribution in [-0.2, 0) is 4.74 Å². The molecule has 0 saturated carbocycles. The van der Waals surface area contributed by atoms with Gasteiger partial charge in [-0.2, -0.15) is 0 Å². The van der Waals surface area contributed by atoms with Gasteiger partial charge >= 0.3 is 5.97 Å². The van der Waals surface area contributed by atoms with Crippen molar-refractivity contribution in [2.75, 3.05) is 7.11 Å². The molecular weight excluding hydrogens is 473 g/mol. The van der Waals surface area contributed by atoms with Crippen LogP contribution in [-0.4, -0.2) is 19.3 Å². The fraction of sp³-hybridized carbons (Fsp3) is 0.0526. The van der Waals surface area contributed by atoms with Gasteiger partial charge < -0.3 is 9.15 Å². The minimum absolute atomic E-state index is 0.369. The van der Waals surface area contributed by atoms with Crippen LogP contribution in [0.25, 0.3) is 0 Å². The first-order valence-electron chi connectivity index (χ1n) is 7.61. The predicted octanol–water partition coefficient (Wildman–Crippen LogP) is 7.04. The highest BCUT2D eigenvalue weighted by atomic mass is 79.9. The van der Waals surface area contributed by atoms with Crippen LogP contribution in [0.5, 0.6) is 0 Å². The highest BCUT2D eigenvalue weighted by Gasteiger charge is 2.11. The van der Waals surface area contributed by atoms with Gasteiger partial charge in [-0.15, -0.1) is 0 Å². The minimum Gasteiger partial charge on any atom is -0.465 e. The van der Waals surface area contributed by atoms with Crippen molar-refractivity contribution >= 4 is 68.8 Å². The number of benzene rings is 2. The van der Waals surface area contributed by atoms with Gasteiger partial charge in [0.05, 0.1) is 34.1 Å². The van der Waals surface area contributed by atoms with E-state index in [0.717, 1.165) is 9.37 Å². The molecule has 0 unspecified atom stereocenters. The van der Waals surface area contributed by atoms with Gasteiger partial charge in [-0.05, 0) is 58.4 Å². The number of nitrogens with zero attached hydrogens (tertiary/aromatic N) is 1. The number of rotatable bonds is 5. The average Bonchev–Trinajstić information content (AvgIpc) is 3.01. The number of hydrogen-bond acceptors (Lipinski definition) is 5. The van der Waals surface area contributed by atoms with Crippen molar-refractivity contribution in [2.24, 2.45) is 4.99 Å². The molecule has 0 bridgehead atoms. The van der Waals surface area contributed by atoms with E-state index in [4.69, 9.17) is 32.4 Å². The van der Waals surface area contributed by atoms with Crippen LogP contribution in [0, 0.1) is 0 Å². The third kappa shape index (κ3) is 5.17. The van der Waals surface area contributed by atoms with E-state index in [0.29, 0.717) is 32.1 Å². The Morgan fingerprint density at radius 3 is 2.63 bits per heavy atom. The zero-order valence-electron chi connectivity index (χ0n) is 13.9. The molecule has 0 N–H and O–H groups in total. The molecule has 138 valence electrons. The van der Waals surface area contributed by atoms with Crippen LogP contribution >= 0.6 is 50.9 Å². The summed E-state index contributed by atoms with van der Waals surface area (Å²) in [6, 6.07) is 14.0. The minimum atomic E-state index is -0.453. The number of esters is 1. The summed E-state index contributed by atoms with van der Waals surface area (Å²) < 4.78 is 11.3. The van der Waals surface area contributed by atoms with Crippen LogP contribution in [0.1, 0.15) is 16.1 Å². The average molecular weight is 485 g/mol. The van der Waals surface area contributed by atoms with Gasteiger partial charge in [0.25, 0.3) is 0 Å². The van der Waals surface area contributed by atoms with Gasteiger partial charge in [-0.3, -0.25) is 4.99 Å². The maximum absolute atomic E-state index is 11.6. The Labute approximate surface area is 178 Å². The number of carbonyl (C=O) groups excluding carboxylic acids is 1. The summed E-state index contributed by atoms with van der Waals surface area (Å²) in [5.74, 6) is 0.0865. The van der Waals surface area contributed by atoms with Crippen molar-refractivity contribution in [1.29, 1.82) is 0 Å². The molecule has 3 aromatic rings. The highest BCUT2D eigenvalue weighted by molar-refractivity contribution is 9.10. The maximum atomic E-state index is 11.6. The summed E-state index contributed by atoms with van der Waals surface area (Å²) in [6.45, 7) is 0. The van der Waals surface area contributed by atoms with Gasteiger partial charge in [-0.1, -0.05) is 35.0 Å². The lowest BCUT2D eigenvalue weighted by Crippen LogP contribution is -2.00. The molecule has 0 saturated heterocycles. The first kappa shape index (κ1) is 20.0. The van der Waals surface area contributed by atoms with Crippen LogP contribution in [0.4, 0.5) is 5.69 Å². The zero-order valence-corrected chi connectivity index (χ0v) is 17.8. The maximum Gasteiger partial charge on any atom is 0.337 e. The van der Waals surface area contributed by atoms with E-state index in [1.165, 1.54) is 18.9 Å². The van der Waals surface area contributed by atoms with E-state index in [-0.39, 0.29) is 0 Å². The van der Waals surface area contributed by atoms with E-state index in [9.17, 15) is 4.79 Å². The van der Waals surface area contributed by atoms with Crippen molar-refractivity contribution in [3.63, 3.8) is 0 Å². The van der Waals surface area contributed by atoms with Crippen molar-refractivity contribution in [2.45, 2.75) is 9.99 Å². The first-order chi connectivity index (χ1) is 13.0. The molecule has 8 heteroatoms. The lowest BCUT2D eigenvalue weighted by Gasteiger charge is -2.02. The molecule has 0 aliphatic carbocycles. The van der Waals surface area contributed by atoms with Crippen LogP contribution < -0.4 is 0 Å². The fourth-order valence-electron chi connectivity index (χ4n) is 2.10. The number of hydrogen-bond donors (Lipinski definition) is 0. The largest absolute Gasteiger partial charge is 0.465 e.